The van der Waals surface area contributed by atoms with Crippen LogP contribution in [0.5, 0.6) is 0 Å². The number of rotatable bonds is 10. The summed E-state index contributed by atoms with van der Waals surface area (Å²) in [5, 5.41) is 8.71. The number of morpholine rings is 1. The molecule has 1 aliphatic heterocycles. The fraction of sp³-hybridized carbons (Fsp3) is 0.684. The zero-order chi connectivity index (χ0) is 19.3. The molecule has 0 spiro atoms. The van der Waals surface area contributed by atoms with Crippen LogP contribution in [0.1, 0.15) is 37.6 Å². The SMILES string of the molecule is CCNC(=NCC(c1cccs1)N1CCOCC1)NCCCC(=O)OCC.I. The highest BCUT2D eigenvalue weighted by Gasteiger charge is 2.23. The Labute approximate surface area is 189 Å². The molecule has 1 aromatic heterocycles. The summed E-state index contributed by atoms with van der Waals surface area (Å²) in [6.45, 7) is 9.89. The van der Waals surface area contributed by atoms with Crippen LogP contribution in [0.2, 0.25) is 0 Å². The van der Waals surface area contributed by atoms with Crippen LogP contribution in [-0.4, -0.2) is 69.4 Å². The predicted octanol–water partition coefficient (Wildman–Crippen LogP) is 2.64. The smallest absolute Gasteiger partial charge is 0.305 e. The molecule has 0 bridgehead atoms. The van der Waals surface area contributed by atoms with Crippen molar-refractivity contribution in [3.63, 3.8) is 0 Å². The number of hydrogen-bond donors (Lipinski definition) is 2. The van der Waals surface area contributed by atoms with Gasteiger partial charge < -0.3 is 20.1 Å². The summed E-state index contributed by atoms with van der Waals surface area (Å²) in [7, 11) is 0. The molecule has 1 saturated heterocycles. The molecule has 2 rings (SSSR count). The van der Waals surface area contributed by atoms with Gasteiger partial charge in [0.1, 0.15) is 0 Å². The molecule has 1 fully saturated rings. The van der Waals surface area contributed by atoms with Gasteiger partial charge in [-0.3, -0.25) is 14.7 Å². The second-order valence-corrected chi connectivity index (χ2v) is 7.21. The number of hydrogen-bond acceptors (Lipinski definition) is 6. The molecule has 0 aromatic carbocycles. The number of ether oxygens (including phenoxy) is 2. The molecule has 7 nitrogen and oxygen atoms in total. The number of halogens is 1. The van der Waals surface area contributed by atoms with Gasteiger partial charge in [-0.1, -0.05) is 6.07 Å². The second kappa shape index (κ2) is 15.0. The van der Waals surface area contributed by atoms with Crippen molar-refractivity contribution in [3.05, 3.63) is 22.4 Å². The Morgan fingerprint density at radius 2 is 2.14 bits per heavy atom. The molecule has 1 aliphatic rings. The summed E-state index contributed by atoms with van der Waals surface area (Å²) in [4.78, 5) is 20.0. The van der Waals surface area contributed by atoms with E-state index in [0.29, 0.717) is 26.1 Å². The van der Waals surface area contributed by atoms with E-state index in [1.807, 2.05) is 6.92 Å². The van der Waals surface area contributed by atoms with Gasteiger partial charge >= 0.3 is 5.97 Å². The molecular formula is C19H33IN4O3S. The first kappa shape index (κ1) is 25.1. The van der Waals surface area contributed by atoms with Gasteiger partial charge in [-0.25, -0.2) is 0 Å². The van der Waals surface area contributed by atoms with E-state index in [-0.39, 0.29) is 36.0 Å². The number of guanidine groups is 1. The normalized spacial score (nSPS) is 16.1. The van der Waals surface area contributed by atoms with E-state index >= 15 is 0 Å². The number of nitrogens with zero attached hydrogens (tertiary/aromatic N) is 2. The van der Waals surface area contributed by atoms with Crippen molar-refractivity contribution in [2.45, 2.75) is 32.7 Å². The van der Waals surface area contributed by atoms with Crippen molar-refractivity contribution < 1.29 is 14.3 Å². The van der Waals surface area contributed by atoms with Crippen LogP contribution in [-0.2, 0) is 14.3 Å². The Balaban J connectivity index is 0.00000392. The highest BCUT2D eigenvalue weighted by atomic mass is 127. The summed E-state index contributed by atoms with van der Waals surface area (Å²) >= 11 is 1.78. The molecule has 2 heterocycles. The van der Waals surface area contributed by atoms with E-state index < -0.39 is 0 Å². The summed E-state index contributed by atoms with van der Waals surface area (Å²) in [6, 6.07) is 4.54. The van der Waals surface area contributed by atoms with Crippen LogP contribution in [0.15, 0.2) is 22.5 Å². The minimum atomic E-state index is -0.147. The third-order valence-corrected chi connectivity index (χ3v) is 5.25. The molecule has 28 heavy (non-hydrogen) atoms. The molecule has 0 radical (unpaired) electrons. The quantitative estimate of drug-likeness (QED) is 0.161. The molecule has 160 valence electrons. The highest BCUT2D eigenvalue weighted by molar-refractivity contribution is 14.0. The third-order valence-electron chi connectivity index (χ3n) is 4.28. The lowest BCUT2D eigenvalue weighted by Crippen LogP contribution is -2.41. The Hall–Kier alpha value is -0.910. The zero-order valence-corrected chi connectivity index (χ0v) is 20.0. The number of carbonyl (C=O) groups is 1. The van der Waals surface area contributed by atoms with Crippen molar-refractivity contribution in [2.24, 2.45) is 4.99 Å². The molecule has 1 aromatic rings. The van der Waals surface area contributed by atoms with Gasteiger partial charge in [-0.15, -0.1) is 35.3 Å². The third kappa shape index (κ3) is 9.06. The molecule has 0 aliphatic carbocycles. The molecule has 0 amide bonds. The lowest BCUT2D eigenvalue weighted by Gasteiger charge is -2.33. The molecule has 9 heteroatoms. The van der Waals surface area contributed by atoms with Crippen molar-refractivity contribution in [1.29, 1.82) is 0 Å². The lowest BCUT2D eigenvalue weighted by atomic mass is 10.2. The van der Waals surface area contributed by atoms with E-state index in [4.69, 9.17) is 14.5 Å². The minimum Gasteiger partial charge on any atom is -0.466 e. The van der Waals surface area contributed by atoms with Gasteiger partial charge in [0.15, 0.2) is 5.96 Å². The summed E-state index contributed by atoms with van der Waals surface area (Å²) < 4.78 is 10.5. The van der Waals surface area contributed by atoms with E-state index in [2.05, 4.69) is 40.0 Å². The molecule has 1 atom stereocenters. The van der Waals surface area contributed by atoms with Crippen LogP contribution in [0, 0.1) is 0 Å². The van der Waals surface area contributed by atoms with E-state index in [9.17, 15) is 4.79 Å². The Morgan fingerprint density at radius 3 is 2.79 bits per heavy atom. The largest absolute Gasteiger partial charge is 0.466 e. The van der Waals surface area contributed by atoms with E-state index in [0.717, 1.165) is 45.2 Å². The summed E-state index contributed by atoms with van der Waals surface area (Å²) in [5.74, 6) is 0.641. The first-order valence-corrected chi connectivity index (χ1v) is 10.7. The monoisotopic (exact) mass is 524 g/mol. The number of esters is 1. The maximum Gasteiger partial charge on any atom is 0.305 e. The maximum absolute atomic E-state index is 11.4. The Morgan fingerprint density at radius 1 is 1.36 bits per heavy atom. The lowest BCUT2D eigenvalue weighted by molar-refractivity contribution is -0.143. The van der Waals surface area contributed by atoms with Crippen LogP contribution in [0.25, 0.3) is 0 Å². The van der Waals surface area contributed by atoms with Gasteiger partial charge in [-0.2, -0.15) is 0 Å². The first-order valence-electron chi connectivity index (χ1n) is 9.77. The zero-order valence-electron chi connectivity index (χ0n) is 16.8. The van der Waals surface area contributed by atoms with Crippen molar-refractivity contribution >= 4 is 47.2 Å². The maximum atomic E-state index is 11.4. The molecule has 0 saturated carbocycles. The topological polar surface area (TPSA) is 75.2 Å². The summed E-state index contributed by atoms with van der Waals surface area (Å²) in [6.07, 6.45) is 1.15. The Bertz CT molecular complexity index is 566. The minimum absolute atomic E-state index is 0. The first-order chi connectivity index (χ1) is 13.2. The van der Waals surface area contributed by atoms with Crippen LogP contribution in [0.3, 0.4) is 0 Å². The molecule has 2 N–H and O–H groups in total. The van der Waals surface area contributed by atoms with Crippen LogP contribution in [0.4, 0.5) is 0 Å². The highest BCUT2D eigenvalue weighted by Crippen LogP contribution is 2.26. The Kier molecular flexibility index (Phi) is 13.5. The van der Waals surface area contributed by atoms with Gasteiger partial charge in [-0.05, 0) is 31.7 Å². The van der Waals surface area contributed by atoms with Gasteiger partial charge in [0.2, 0.25) is 0 Å². The van der Waals surface area contributed by atoms with Crippen LogP contribution < -0.4 is 10.6 Å². The fourth-order valence-electron chi connectivity index (χ4n) is 2.95. The van der Waals surface area contributed by atoms with Gasteiger partial charge in [0.05, 0.1) is 32.4 Å². The van der Waals surface area contributed by atoms with Crippen LogP contribution >= 0.6 is 35.3 Å². The molecule has 1 unspecified atom stereocenters. The van der Waals surface area contributed by atoms with E-state index in [1.54, 1.807) is 11.3 Å². The average Bonchev–Trinajstić information content (AvgIpc) is 3.21. The van der Waals surface area contributed by atoms with Crippen molar-refractivity contribution in [2.75, 3.05) is 52.5 Å². The van der Waals surface area contributed by atoms with Crippen molar-refractivity contribution in [3.8, 4) is 0 Å². The fourth-order valence-corrected chi connectivity index (χ4v) is 3.80. The standard InChI is InChI=1S/C19H32N4O3S.HI/c1-3-20-19(21-9-5-8-18(24)26-4-2)22-15-16(17-7-6-14-27-17)23-10-12-25-13-11-23;/h6-7,14,16H,3-5,8-13,15H2,1-2H3,(H2,20,21,22);1H. The number of aliphatic imine (C=N–C) groups is 1. The average molecular weight is 524 g/mol. The molecular weight excluding hydrogens is 491 g/mol. The van der Waals surface area contributed by atoms with Gasteiger partial charge in [0, 0.05) is 37.5 Å². The second-order valence-electron chi connectivity index (χ2n) is 6.23. The van der Waals surface area contributed by atoms with E-state index in [1.165, 1.54) is 4.88 Å². The summed E-state index contributed by atoms with van der Waals surface area (Å²) in [5.41, 5.74) is 0. The van der Waals surface area contributed by atoms with Crippen molar-refractivity contribution in [1.82, 2.24) is 15.5 Å². The number of thiophene rings is 1. The number of nitrogens with one attached hydrogen (secondary N) is 2. The number of carbonyl (C=O) groups excluding carboxylic acids is 1. The van der Waals surface area contributed by atoms with Gasteiger partial charge in [0.25, 0.3) is 0 Å². The predicted molar refractivity (Wildman–Crippen MR) is 125 cm³/mol.